The van der Waals surface area contributed by atoms with Crippen LogP contribution in [0.4, 0.5) is 0 Å². The van der Waals surface area contributed by atoms with E-state index in [2.05, 4.69) is 0 Å². The molecule has 11 heavy (non-hydrogen) atoms. The molecule has 4 heteroatoms. The second-order valence-electron chi connectivity index (χ2n) is 2.15. The fourth-order valence-corrected chi connectivity index (χ4v) is 1.32. The van der Waals surface area contributed by atoms with Gasteiger partial charge in [0, 0.05) is 9.92 Å². The summed E-state index contributed by atoms with van der Waals surface area (Å²) >= 11 is 3.50. The molecule has 1 unspecified atom stereocenters. The monoisotopic (exact) mass is 189 g/mol. The van der Waals surface area contributed by atoms with Crippen molar-refractivity contribution < 1.29 is 8.76 Å². The van der Waals surface area contributed by atoms with Crippen molar-refractivity contribution in [3.05, 3.63) is 28.8 Å². The van der Waals surface area contributed by atoms with Gasteiger partial charge in [0.15, 0.2) is 0 Å². The van der Waals surface area contributed by atoms with Crippen molar-refractivity contribution in [2.45, 2.75) is 11.8 Å². The van der Waals surface area contributed by atoms with Gasteiger partial charge in [0.25, 0.3) is 0 Å². The van der Waals surface area contributed by atoms with E-state index in [0.717, 1.165) is 5.56 Å². The quantitative estimate of drug-likeness (QED) is 0.633. The van der Waals surface area contributed by atoms with E-state index in [1.54, 1.807) is 6.07 Å². The Morgan fingerprint density at radius 2 is 2.18 bits per heavy atom. The smallest absolute Gasteiger partial charge is 0.0446 e. The number of hydrogen-bond acceptors (Lipinski definition) is 2. The average Bonchev–Trinajstić information content (AvgIpc) is 1.94. The first kappa shape index (κ1) is 8.71. The second kappa shape index (κ2) is 3.34. The van der Waals surface area contributed by atoms with Crippen LogP contribution in [0.25, 0.3) is 0 Å². The van der Waals surface area contributed by atoms with Crippen LogP contribution in [0.3, 0.4) is 0 Å². The summed E-state index contributed by atoms with van der Waals surface area (Å²) < 4.78 is 20.8. The molecule has 0 spiro atoms. The first-order chi connectivity index (χ1) is 5.11. The maximum Gasteiger partial charge on any atom is 0.0446 e. The Kier molecular flexibility index (Phi) is 2.65. The lowest BCUT2D eigenvalue weighted by molar-refractivity contribution is 0.537. The lowest BCUT2D eigenvalue weighted by atomic mass is 10.2. The Morgan fingerprint density at radius 3 is 2.64 bits per heavy atom. The average molecular weight is 190 g/mol. The van der Waals surface area contributed by atoms with Gasteiger partial charge in [0.05, 0.1) is 0 Å². The molecule has 0 saturated carbocycles. The van der Waals surface area contributed by atoms with E-state index in [-0.39, 0.29) is 4.90 Å². The molecule has 1 aromatic rings. The highest BCUT2D eigenvalue weighted by Crippen LogP contribution is 2.17. The zero-order valence-corrected chi connectivity index (χ0v) is 7.41. The Morgan fingerprint density at radius 1 is 1.55 bits per heavy atom. The molecule has 0 aliphatic rings. The summed E-state index contributed by atoms with van der Waals surface area (Å²) in [6.07, 6.45) is 0. The van der Waals surface area contributed by atoms with E-state index in [9.17, 15) is 8.76 Å². The molecule has 1 rings (SSSR count). The summed E-state index contributed by atoms with van der Waals surface area (Å²) in [4.78, 5) is 0.223. The third-order valence-electron chi connectivity index (χ3n) is 1.34. The van der Waals surface area contributed by atoms with Crippen molar-refractivity contribution in [3.63, 3.8) is 0 Å². The molecule has 0 N–H and O–H groups in total. The number of benzene rings is 1. The number of halogens is 1. The van der Waals surface area contributed by atoms with E-state index in [4.69, 9.17) is 11.6 Å². The van der Waals surface area contributed by atoms with E-state index in [0.29, 0.717) is 5.02 Å². The van der Waals surface area contributed by atoms with Crippen molar-refractivity contribution in [3.8, 4) is 0 Å². The highest BCUT2D eigenvalue weighted by molar-refractivity contribution is 7.79. The number of rotatable bonds is 1. The summed E-state index contributed by atoms with van der Waals surface area (Å²) in [5.41, 5.74) is 0.876. The highest BCUT2D eigenvalue weighted by atomic mass is 35.5. The van der Waals surface area contributed by atoms with Gasteiger partial charge in [-0.15, -0.1) is 0 Å². The lowest BCUT2D eigenvalue weighted by Gasteiger charge is -2.05. The molecule has 0 aromatic heterocycles. The van der Waals surface area contributed by atoms with Crippen LogP contribution < -0.4 is 0 Å². The Hall–Kier alpha value is -0.380. The minimum absolute atomic E-state index is 0.223. The minimum atomic E-state index is -2.18. The highest BCUT2D eigenvalue weighted by Gasteiger charge is 1.96. The first-order valence-electron chi connectivity index (χ1n) is 2.96. The van der Waals surface area contributed by atoms with Crippen LogP contribution in [0, 0.1) is 6.92 Å². The Labute approximate surface area is 72.5 Å². The van der Waals surface area contributed by atoms with Gasteiger partial charge in [-0.3, -0.25) is 4.21 Å². The molecule has 0 saturated heterocycles. The van der Waals surface area contributed by atoms with Crippen molar-refractivity contribution in [1.29, 1.82) is 0 Å². The minimum Gasteiger partial charge on any atom is -0.768 e. The zero-order valence-electron chi connectivity index (χ0n) is 5.83. The van der Waals surface area contributed by atoms with Gasteiger partial charge >= 0.3 is 0 Å². The fraction of sp³-hybridized carbons (Fsp3) is 0.143. The molecule has 60 valence electrons. The first-order valence-corrected chi connectivity index (χ1v) is 4.42. The predicted molar refractivity (Wildman–Crippen MR) is 43.4 cm³/mol. The fourth-order valence-electron chi connectivity index (χ4n) is 0.677. The molecule has 0 radical (unpaired) electrons. The molecule has 0 aliphatic heterocycles. The van der Waals surface area contributed by atoms with E-state index < -0.39 is 11.1 Å². The summed E-state index contributed by atoms with van der Waals surface area (Å²) in [6, 6.07) is 4.62. The topological polar surface area (TPSA) is 40.1 Å². The standard InChI is InChI=1S/C7H7ClO2S/c1-5-2-3-6(11(9)10)4-7(5)8/h2-4H,1H3,(H,9,10)/p-1. The summed E-state index contributed by atoms with van der Waals surface area (Å²) in [6.45, 7) is 1.82. The van der Waals surface area contributed by atoms with Crippen LogP contribution in [-0.4, -0.2) is 8.76 Å². The van der Waals surface area contributed by atoms with Crippen molar-refractivity contribution >= 4 is 22.7 Å². The third-order valence-corrected chi connectivity index (χ3v) is 2.38. The Bertz CT molecular complexity index is 298. The van der Waals surface area contributed by atoms with Crippen LogP contribution in [0.1, 0.15) is 5.56 Å². The molecule has 0 bridgehead atoms. The summed E-state index contributed by atoms with van der Waals surface area (Å²) in [5.74, 6) is 0. The van der Waals surface area contributed by atoms with Crippen molar-refractivity contribution in [2.24, 2.45) is 0 Å². The Balaban J connectivity index is 3.15. The van der Waals surface area contributed by atoms with Crippen LogP contribution in [-0.2, 0) is 11.1 Å². The number of aryl methyl sites for hydroxylation is 1. The van der Waals surface area contributed by atoms with Gasteiger partial charge in [-0.1, -0.05) is 17.7 Å². The zero-order chi connectivity index (χ0) is 8.43. The normalized spacial score (nSPS) is 13.0. The van der Waals surface area contributed by atoms with Gasteiger partial charge in [0.1, 0.15) is 0 Å². The molecule has 0 heterocycles. The van der Waals surface area contributed by atoms with Gasteiger partial charge in [-0.05, 0) is 35.7 Å². The van der Waals surface area contributed by atoms with Gasteiger partial charge < -0.3 is 4.55 Å². The molecular formula is C7H6ClO2S-. The predicted octanol–water partition coefficient (Wildman–Crippen LogP) is 1.89. The van der Waals surface area contributed by atoms with Crippen LogP contribution in [0.15, 0.2) is 23.1 Å². The molecule has 0 fully saturated rings. The van der Waals surface area contributed by atoms with Crippen LogP contribution in [0.5, 0.6) is 0 Å². The molecule has 0 amide bonds. The molecular weight excluding hydrogens is 184 g/mol. The van der Waals surface area contributed by atoms with E-state index in [1.165, 1.54) is 12.1 Å². The molecule has 0 aliphatic carbocycles. The largest absolute Gasteiger partial charge is 0.768 e. The van der Waals surface area contributed by atoms with E-state index >= 15 is 0 Å². The maximum atomic E-state index is 10.4. The number of hydrogen-bond donors (Lipinski definition) is 0. The molecule has 1 atom stereocenters. The van der Waals surface area contributed by atoms with Crippen LogP contribution in [0.2, 0.25) is 5.02 Å². The van der Waals surface area contributed by atoms with Crippen LogP contribution >= 0.6 is 11.6 Å². The summed E-state index contributed by atoms with van der Waals surface area (Å²) in [5, 5.41) is 0.478. The maximum absolute atomic E-state index is 10.4. The van der Waals surface area contributed by atoms with Gasteiger partial charge in [0.2, 0.25) is 0 Å². The second-order valence-corrected chi connectivity index (χ2v) is 3.49. The van der Waals surface area contributed by atoms with Crippen molar-refractivity contribution in [1.82, 2.24) is 0 Å². The third kappa shape index (κ3) is 2.02. The SMILES string of the molecule is Cc1ccc(S(=O)[O-])cc1Cl. The van der Waals surface area contributed by atoms with Gasteiger partial charge in [-0.2, -0.15) is 0 Å². The lowest BCUT2D eigenvalue weighted by Crippen LogP contribution is -1.88. The molecule has 2 nitrogen and oxygen atoms in total. The van der Waals surface area contributed by atoms with Gasteiger partial charge in [-0.25, -0.2) is 0 Å². The van der Waals surface area contributed by atoms with Crippen molar-refractivity contribution in [2.75, 3.05) is 0 Å². The van der Waals surface area contributed by atoms with E-state index in [1.807, 2.05) is 6.92 Å². The summed E-state index contributed by atoms with van der Waals surface area (Å²) in [7, 11) is 0. The molecule has 1 aromatic carbocycles.